The van der Waals surface area contributed by atoms with E-state index in [1.165, 1.54) is 0 Å². The highest BCUT2D eigenvalue weighted by atomic mass is 16.3. The molecule has 3 rings (SSSR count). The molecule has 106 valence electrons. The van der Waals surface area contributed by atoms with E-state index < -0.39 is 0 Å². The van der Waals surface area contributed by atoms with Crippen LogP contribution in [0.25, 0.3) is 11.1 Å². The number of amides is 1. The van der Waals surface area contributed by atoms with Crippen LogP contribution in [0.15, 0.2) is 22.6 Å². The van der Waals surface area contributed by atoms with E-state index in [2.05, 4.69) is 15.6 Å². The topological polar surface area (TPSA) is 67.2 Å². The molecule has 0 radical (unpaired) electrons. The lowest BCUT2D eigenvalue weighted by molar-refractivity contribution is -0.125. The predicted octanol–water partition coefficient (Wildman–Crippen LogP) is 1.75. The predicted molar refractivity (Wildman–Crippen MR) is 76.2 cm³/mol. The van der Waals surface area contributed by atoms with Gasteiger partial charge in [0.15, 0.2) is 11.5 Å². The first-order valence-corrected chi connectivity index (χ1v) is 7.07. The Bertz CT molecular complexity index is 615. The summed E-state index contributed by atoms with van der Waals surface area (Å²) in [5.74, 6) is 0.893. The van der Waals surface area contributed by atoms with E-state index in [1.807, 2.05) is 25.1 Å². The molecule has 1 unspecified atom stereocenters. The first kappa shape index (κ1) is 13.1. The van der Waals surface area contributed by atoms with Crippen LogP contribution < -0.4 is 10.6 Å². The minimum atomic E-state index is 0.0989. The number of nitrogens with zero attached hydrogens (tertiary/aromatic N) is 1. The molecule has 2 N–H and O–H groups in total. The summed E-state index contributed by atoms with van der Waals surface area (Å²) in [7, 11) is 0. The Morgan fingerprint density at radius 3 is 3.25 bits per heavy atom. The molecule has 1 atom stereocenters. The number of piperidine rings is 1. The van der Waals surface area contributed by atoms with Gasteiger partial charge in [0.05, 0.1) is 5.92 Å². The Morgan fingerprint density at radius 1 is 1.55 bits per heavy atom. The third-order valence-electron chi connectivity index (χ3n) is 3.69. The molecule has 0 saturated carbocycles. The number of carbonyl (C=O) groups is 1. The number of hydrogen-bond acceptors (Lipinski definition) is 4. The second kappa shape index (κ2) is 5.63. The lowest BCUT2D eigenvalue weighted by Crippen LogP contribution is -2.40. The van der Waals surface area contributed by atoms with Crippen LogP contribution in [-0.4, -0.2) is 24.0 Å². The summed E-state index contributed by atoms with van der Waals surface area (Å²) in [5.41, 5.74) is 2.67. The van der Waals surface area contributed by atoms with Gasteiger partial charge in [-0.15, -0.1) is 0 Å². The number of aryl methyl sites for hydroxylation is 1. The molecule has 0 aliphatic carbocycles. The number of nitrogens with one attached hydrogen (secondary N) is 2. The van der Waals surface area contributed by atoms with Gasteiger partial charge in [0.2, 0.25) is 5.91 Å². The van der Waals surface area contributed by atoms with Gasteiger partial charge in [-0.05, 0) is 37.1 Å². The monoisotopic (exact) mass is 273 g/mol. The molecule has 1 fully saturated rings. The Balaban J connectivity index is 1.62. The zero-order chi connectivity index (χ0) is 13.9. The normalized spacial score (nSPS) is 19.1. The van der Waals surface area contributed by atoms with Crippen LogP contribution in [0.5, 0.6) is 0 Å². The van der Waals surface area contributed by atoms with Gasteiger partial charge in [0.1, 0.15) is 5.52 Å². The smallest absolute Gasteiger partial charge is 0.224 e. The maximum Gasteiger partial charge on any atom is 0.224 e. The van der Waals surface area contributed by atoms with Crippen molar-refractivity contribution in [3.05, 3.63) is 29.7 Å². The third kappa shape index (κ3) is 2.82. The van der Waals surface area contributed by atoms with Crippen LogP contribution in [-0.2, 0) is 11.3 Å². The summed E-state index contributed by atoms with van der Waals surface area (Å²) in [6, 6.07) is 5.83. The number of hydrogen-bond donors (Lipinski definition) is 2. The average molecular weight is 273 g/mol. The van der Waals surface area contributed by atoms with Gasteiger partial charge in [-0.25, -0.2) is 4.98 Å². The van der Waals surface area contributed by atoms with E-state index in [-0.39, 0.29) is 11.8 Å². The highest BCUT2D eigenvalue weighted by molar-refractivity contribution is 5.79. The van der Waals surface area contributed by atoms with E-state index in [0.717, 1.165) is 42.6 Å². The van der Waals surface area contributed by atoms with Crippen molar-refractivity contribution >= 4 is 17.0 Å². The van der Waals surface area contributed by atoms with E-state index in [9.17, 15) is 4.79 Å². The van der Waals surface area contributed by atoms with E-state index in [0.29, 0.717) is 12.4 Å². The Morgan fingerprint density at radius 2 is 2.45 bits per heavy atom. The maximum atomic E-state index is 12.1. The van der Waals surface area contributed by atoms with Gasteiger partial charge < -0.3 is 15.1 Å². The van der Waals surface area contributed by atoms with Gasteiger partial charge >= 0.3 is 0 Å². The van der Waals surface area contributed by atoms with Crippen molar-refractivity contribution in [3.63, 3.8) is 0 Å². The second-order valence-corrected chi connectivity index (χ2v) is 5.30. The first-order chi connectivity index (χ1) is 9.72. The number of carbonyl (C=O) groups excluding carboxylic acids is 1. The molecule has 5 heteroatoms. The number of rotatable bonds is 3. The van der Waals surface area contributed by atoms with Crippen LogP contribution >= 0.6 is 0 Å². The minimum absolute atomic E-state index is 0.0989. The van der Waals surface area contributed by atoms with Crippen molar-refractivity contribution in [1.82, 2.24) is 15.6 Å². The second-order valence-electron chi connectivity index (χ2n) is 5.30. The molecule has 1 aromatic heterocycles. The van der Waals surface area contributed by atoms with Gasteiger partial charge in [0.25, 0.3) is 0 Å². The van der Waals surface area contributed by atoms with Crippen LogP contribution in [0.4, 0.5) is 0 Å². The summed E-state index contributed by atoms with van der Waals surface area (Å²) in [6.07, 6.45) is 2.04. The standard InChI is InChI=1S/C15H19N3O2/c1-10-18-13-7-11(4-5-14(13)20-10)8-17-15(19)12-3-2-6-16-9-12/h4-5,7,12,16H,2-3,6,8-9H2,1H3,(H,17,19). The summed E-state index contributed by atoms with van der Waals surface area (Å²) in [6.45, 7) is 4.17. The van der Waals surface area contributed by atoms with Crippen molar-refractivity contribution in [2.24, 2.45) is 5.92 Å². The van der Waals surface area contributed by atoms with Crippen molar-refractivity contribution in [2.45, 2.75) is 26.3 Å². The zero-order valence-electron chi connectivity index (χ0n) is 11.6. The van der Waals surface area contributed by atoms with Crippen LogP contribution in [0, 0.1) is 12.8 Å². The summed E-state index contributed by atoms with van der Waals surface area (Å²) < 4.78 is 5.44. The summed E-state index contributed by atoms with van der Waals surface area (Å²) >= 11 is 0. The molecule has 0 bridgehead atoms. The molecule has 1 amide bonds. The van der Waals surface area contributed by atoms with Gasteiger partial charge in [-0.3, -0.25) is 4.79 Å². The van der Waals surface area contributed by atoms with Crippen LogP contribution in [0.2, 0.25) is 0 Å². The fourth-order valence-corrected chi connectivity index (χ4v) is 2.61. The molecular weight excluding hydrogens is 254 g/mol. The SMILES string of the molecule is Cc1nc2cc(CNC(=O)C3CCCNC3)ccc2o1. The van der Waals surface area contributed by atoms with Crippen molar-refractivity contribution in [1.29, 1.82) is 0 Å². The van der Waals surface area contributed by atoms with Crippen molar-refractivity contribution < 1.29 is 9.21 Å². The minimum Gasteiger partial charge on any atom is -0.441 e. The number of oxazole rings is 1. The van der Waals surface area contributed by atoms with E-state index in [1.54, 1.807) is 0 Å². The quantitative estimate of drug-likeness (QED) is 0.894. The Labute approximate surface area is 117 Å². The molecule has 20 heavy (non-hydrogen) atoms. The first-order valence-electron chi connectivity index (χ1n) is 7.07. The lowest BCUT2D eigenvalue weighted by Gasteiger charge is -2.21. The highest BCUT2D eigenvalue weighted by Gasteiger charge is 2.20. The molecular formula is C15H19N3O2. The number of benzene rings is 1. The largest absolute Gasteiger partial charge is 0.441 e. The van der Waals surface area contributed by atoms with Crippen molar-refractivity contribution in [3.8, 4) is 0 Å². The average Bonchev–Trinajstić information content (AvgIpc) is 2.85. The molecule has 1 aliphatic rings. The molecule has 1 aliphatic heterocycles. The molecule has 2 heterocycles. The molecule has 1 saturated heterocycles. The van der Waals surface area contributed by atoms with Gasteiger partial charge in [-0.2, -0.15) is 0 Å². The fourth-order valence-electron chi connectivity index (χ4n) is 2.61. The Hall–Kier alpha value is -1.88. The Kier molecular flexibility index (Phi) is 3.69. The molecule has 2 aromatic rings. The highest BCUT2D eigenvalue weighted by Crippen LogP contribution is 2.17. The third-order valence-corrected chi connectivity index (χ3v) is 3.69. The maximum absolute atomic E-state index is 12.1. The van der Waals surface area contributed by atoms with Crippen LogP contribution in [0.1, 0.15) is 24.3 Å². The molecule has 0 spiro atoms. The lowest BCUT2D eigenvalue weighted by atomic mass is 9.99. The van der Waals surface area contributed by atoms with E-state index in [4.69, 9.17) is 4.42 Å². The summed E-state index contributed by atoms with van der Waals surface area (Å²) in [4.78, 5) is 16.4. The van der Waals surface area contributed by atoms with Gasteiger partial charge in [-0.1, -0.05) is 6.07 Å². The fraction of sp³-hybridized carbons (Fsp3) is 0.467. The number of fused-ring (bicyclic) bond motifs is 1. The van der Waals surface area contributed by atoms with E-state index >= 15 is 0 Å². The summed E-state index contributed by atoms with van der Waals surface area (Å²) in [5, 5.41) is 6.26. The van der Waals surface area contributed by atoms with Gasteiger partial charge in [0, 0.05) is 20.0 Å². The van der Waals surface area contributed by atoms with Crippen molar-refractivity contribution in [2.75, 3.05) is 13.1 Å². The molecule has 1 aromatic carbocycles. The zero-order valence-corrected chi connectivity index (χ0v) is 11.6. The number of aromatic nitrogens is 1. The van der Waals surface area contributed by atoms with Crippen LogP contribution in [0.3, 0.4) is 0 Å². The molecule has 5 nitrogen and oxygen atoms in total.